The van der Waals surface area contributed by atoms with Crippen LogP contribution in [-0.4, -0.2) is 15.6 Å². The molecule has 1 aromatic heterocycles. The fraction of sp³-hybridized carbons (Fsp3) is 0.769. The van der Waals surface area contributed by atoms with Gasteiger partial charge in [-0.15, -0.1) is 0 Å². The summed E-state index contributed by atoms with van der Waals surface area (Å²) in [5, 5.41) is 0. The van der Waals surface area contributed by atoms with Gasteiger partial charge in [0.25, 0.3) is 0 Å². The molecule has 0 bridgehead atoms. The average Bonchev–Trinajstić information content (AvgIpc) is 3.04. The van der Waals surface area contributed by atoms with Gasteiger partial charge < -0.3 is 10.3 Å². The third-order valence-electron chi connectivity index (χ3n) is 3.78. The van der Waals surface area contributed by atoms with Crippen molar-refractivity contribution >= 4 is 0 Å². The van der Waals surface area contributed by atoms with Crippen molar-refractivity contribution in [3.05, 3.63) is 18.2 Å². The van der Waals surface area contributed by atoms with Gasteiger partial charge in [0.1, 0.15) is 0 Å². The van der Waals surface area contributed by atoms with Crippen molar-refractivity contribution < 1.29 is 0 Å². The number of hydrogen-bond donors (Lipinski definition) is 1. The zero-order valence-corrected chi connectivity index (χ0v) is 10.4. The second-order valence-electron chi connectivity index (χ2n) is 4.99. The van der Waals surface area contributed by atoms with Gasteiger partial charge in [0, 0.05) is 30.4 Å². The van der Waals surface area contributed by atoms with E-state index in [4.69, 9.17) is 5.73 Å². The predicted octanol–water partition coefficient (Wildman–Crippen LogP) is 2.52. The number of imidazole rings is 1. The number of aromatic nitrogens is 2. The van der Waals surface area contributed by atoms with Crippen LogP contribution in [-0.2, 0) is 6.54 Å². The molecular formula is C13H23N3. The minimum absolute atomic E-state index is 0.322. The van der Waals surface area contributed by atoms with E-state index in [-0.39, 0.29) is 0 Å². The summed E-state index contributed by atoms with van der Waals surface area (Å²) in [5.41, 5.74) is 7.54. The highest BCUT2D eigenvalue weighted by atomic mass is 15.1. The van der Waals surface area contributed by atoms with E-state index in [1.54, 1.807) is 0 Å². The molecule has 0 aromatic carbocycles. The van der Waals surface area contributed by atoms with Crippen molar-refractivity contribution in [1.82, 2.24) is 9.55 Å². The lowest BCUT2D eigenvalue weighted by Gasteiger charge is -2.18. The van der Waals surface area contributed by atoms with Crippen LogP contribution in [0.25, 0.3) is 0 Å². The van der Waals surface area contributed by atoms with E-state index in [2.05, 4.69) is 23.4 Å². The van der Waals surface area contributed by atoms with Crippen molar-refractivity contribution in [3.8, 4) is 0 Å². The summed E-state index contributed by atoms with van der Waals surface area (Å²) in [7, 11) is 0. The van der Waals surface area contributed by atoms with Gasteiger partial charge >= 0.3 is 0 Å². The first-order valence-corrected chi connectivity index (χ1v) is 6.51. The molecule has 0 radical (unpaired) electrons. The van der Waals surface area contributed by atoms with Crippen molar-refractivity contribution in [1.29, 1.82) is 0 Å². The normalized spacial score (nSPS) is 18.0. The van der Waals surface area contributed by atoms with E-state index in [0.29, 0.717) is 12.0 Å². The average molecular weight is 221 g/mol. The Bertz CT molecular complexity index is 324. The molecule has 1 fully saturated rings. The molecule has 1 atom stereocenters. The molecule has 0 aliphatic heterocycles. The van der Waals surface area contributed by atoms with E-state index in [1.165, 1.54) is 31.4 Å². The summed E-state index contributed by atoms with van der Waals surface area (Å²) in [5.74, 6) is 1.39. The molecule has 2 N–H and O–H groups in total. The molecule has 0 saturated heterocycles. The minimum atomic E-state index is 0.322. The minimum Gasteiger partial charge on any atom is -0.333 e. The molecule has 1 saturated carbocycles. The van der Waals surface area contributed by atoms with Gasteiger partial charge in [-0.3, -0.25) is 0 Å². The van der Waals surface area contributed by atoms with Gasteiger partial charge in [-0.05, 0) is 31.6 Å². The number of rotatable bonds is 6. The molecule has 2 rings (SSSR count). The summed E-state index contributed by atoms with van der Waals surface area (Å²) < 4.78 is 2.26. The van der Waals surface area contributed by atoms with Crippen LogP contribution in [0.2, 0.25) is 0 Å². The molecule has 0 amide bonds. The second kappa shape index (κ2) is 5.00. The molecule has 3 heteroatoms. The molecule has 90 valence electrons. The Kier molecular flexibility index (Phi) is 3.64. The molecule has 1 heterocycles. The van der Waals surface area contributed by atoms with Crippen molar-refractivity contribution in [2.24, 2.45) is 11.7 Å². The molecule has 3 nitrogen and oxygen atoms in total. The highest BCUT2D eigenvalue weighted by Gasteiger charge is 2.29. The predicted molar refractivity (Wildman–Crippen MR) is 66.2 cm³/mol. The maximum absolute atomic E-state index is 6.17. The molecule has 1 aliphatic rings. The summed E-state index contributed by atoms with van der Waals surface area (Å²) in [6.07, 6.45) is 8.95. The molecule has 1 aromatic rings. The van der Waals surface area contributed by atoms with Crippen molar-refractivity contribution in [2.75, 3.05) is 0 Å². The molecule has 1 unspecified atom stereocenters. The lowest BCUT2D eigenvalue weighted by molar-refractivity contribution is 0.474. The van der Waals surface area contributed by atoms with E-state index in [1.807, 2.05) is 12.5 Å². The van der Waals surface area contributed by atoms with E-state index < -0.39 is 0 Å². The number of nitrogens with two attached hydrogens (primary N) is 1. The van der Waals surface area contributed by atoms with Gasteiger partial charge in [-0.1, -0.05) is 13.8 Å². The Morgan fingerprint density at radius 2 is 2.12 bits per heavy atom. The highest BCUT2D eigenvalue weighted by Crippen LogP contribution is 2.32. The maximum Gasteiger partial charge on any atom is 0.0948 e. The Balaban J connectivity index is 2.05. The molecular weight excluding hydrogens is 198 g/mol. The Morgan fingerprint density at radius 1 is 1.44 bits per heavy atom. The van der Waals surface area contributed by atoms with E-state index in [0.717, 1.165) is 12.5 Å². The Labute approximate surface area is 98.1 Å². The van der Waals surface area contributed by atoms with Crippen LogP contribution >= 0.6 is 0 Å². The Morgan fingerprint density at radius 3 is 2.69 bits per heavy atom. The third kappa shape index (κ3) is 2.46. The van der Waals surface area contributed by atoms with Gasteiger partial charge in [0.2, 0.25) is 0 Å². The van der Waals surface area contributed by atoms with Crippen LogP contribution in [0.3, 0.4) is 0 Å². The van der Waals surface area contributed by atoms with Crippen LogP contribution in [0.1, 0.15) is 51.1 Å². The lowest BCUT2D eigenvalue weighted by atomic mass is 10.00. The quantitative estimate of drug-likeness (QED) is 0.802. The topological polar surface area (TPSA) is 43.8 Å². The van der Waals surface area contributed by atoms with Crippen molar-refractivity contribution in [2.45, 2.75) is 58.0 Å². The second-order valence-corrected chi connectivity index (χ2v) is 4.99. The summed E-state index contributed by atoms with van der Waals surface area (Å²) >= 11 is 0. The first-order chi connectivity index (χ1) is 7.76. The summed E-state index contributed by atoms with van der Waals surface area (Å²) in [6, 6.07) is 0.322. The van der Waals surface area contributed by atoms with Gasteiger partial charge in [0.15, 0.2) is 0 Å². The van der Waals surface area contributed by atoms with Crippen LogP contribution < -0.4 is 5.73 Å². The van der Waals surface area contributed by atoms with E-state index >= 15 is 0 Å². The monoisotopic (exact) mass is 221 g/mol. The van der Waals surface area contributed by atoms with Gasteiger partial charge in [0.05, 0.1) is 6.33 Å². The zero-order valence-electron chi connectivity index (χ0n) is 10.4. The van der Waals surface area contributed by atoms with Crippen LogP contribution in [0.5, 0.6) is 0 Å². The molecule has 0 spiro atoms. The zero-order chi connectivity index (χ0) is 11.5. The molecule has 16 heavy (non-hydrogen) atoms. The van der Waals surface area contributed by atoms with Gasteiger partial charge in [-0.25, -0.2) is 4.98 Å². The van der Waals surface area contributed by atoms with Crippen molar-refractivity contribution in [3.63, 3.8) is 0 Å². The van der Waals surface area contributed by atoms with E-state index in [9.17, 15) is 0 Å². The largest absolute Gasteiger partial charge is 0.333 e. The lowest BCUT2D eigenvalue weighted by Crippen LogP contribution is -2.29. The van der Waals surface area contributed by atoms with Gasteiger partial charge in [-0.2, -0.15) is 0 Å². The third-order valence-corrected chi connectivity index (χ3v) is 3.78. The maximum atomic E-state index is 6.17. The van der Waals surface area contributed by atoms with Crippen LogP contribution in [0.4, 0.5) is 0 Å². The standard InChI is InChI=1S/C13H23N3/c1-3-10(4-2)13-7-15-9-16(13)8-12(14)11-5-6-11/h7,9-12H,3-6,8,14H2,1-2H3. The van der Waals surface area contributed by atoms with Crippen LogP contribution in [0, 0.1) is 5.92 Å². The van der Waals surface area contributed by atoms with Crippen LogP contribution in [0.15, 0.2) is 12.5 Å². The first-order valence-electron chi connectivity index (χ1n) is 6.51. The smallest absolute Gasteiger partial charge is 0.0948 e. The first kappa shape index (κ1) is 11.6. The SMILES string of the molecule is CCC(CC)c1cncn1CC(N)C1CC1. The summed E-state index contributed by atoms with van der Waals surface area (Å²) in [4.78, 5) is 4.28. The fourth-order valence-corrected chi connectivity index (χ4v) is 2.43. The number of hydrogen-bond acceptors (Lipinski definition) is 2. The number of nitrogens with zero attached hydrogens (tertiary/aromatic N) is 2. The Hall–Kier alpha value is -0.830. The highest BCUT2D eigenvalue weighted by molar-refractivity contribution is 5.06. The molecule has 1 aliphatic carbocycles. The summed E-state index contributed by atoms with van der Waals surface area (Å²) in [6.45, 7) is 5.43. The fourth-order valence-electron chi connectivity index (χ4n) is 2.43.